The number of fused-ring (bicyclic) bond motifs is 1. The molecule has 0 radical (unpaired) electrons. The number of ether oxygens (including phenoxy) is 1. The third kappa shape index (κ3) is 3.13. The van der Waals surface area contributed by atoms with Gasteiger partial charge in [-0.15, -0.1) is 0 Å². The van der Waals surface area contributed by atoms with E-state index in [2.05, 4.69) is 48.8 Å². The third-order valence-corrected chi connectivity index (χ3v) is 10.1. The average molecular weight is 380 g/mol. The summed E-state index contributed by atoms with van der Waals surface area (Å²) in [6.45, 7) is 12.9. The Balaban J connectivity index is 2.01. The highest BCUT2D eigenvalue weighted by Crippen LogP contribution is 2.42. The highest BCUT2D eigenvalue weighted by atomic mass is 28.4. The van der Waals surface area contributed by atoms with E-state index in [0.29, 0.717) is 23.4 Å². The fraction of sp³-hybridized carbons (Fsp3) is 0.706. The zero-order valence-electron chi connectivity index (χ0n) is 16.3. The maximum atomic E-state index is 10.9. The van der Waals surface area contributed by atoms with Crippen LogP contribution in [0, 0.1) is 0 Å². The van der Waals surface area contributed by atoms with Gasteiger partial charge >= 0.3 is 0 Å². The number of aliphatic hydroxyl groups excluding tert-OH is 1. The van der Waals surface area contributed by atoms with E-state index in [-0.39, 0.29) is 11.1 Å². The van der Waals surface area contributed by atoms with Crippen LogP contribution in [0.3, 0.4) is 0 Å². The van der Waals surface area contributed by atoms with Crippen LogP contribution in [-0.4, -0.2) is 51.3 Å². The van der Waals surface area contributed by atoms with Crippen molar-refractivity contribution in [2.45, 2.75) is 76.8 Å². The summed E-state index contributed by atoms with van der Waals surface area (Å²) in [7, 11) is -2.12. The van der Waals surface area contributed by atoms with Crippen LogP contribution in [0.1, 0.15) is 40.3 Å². The van der Waals surface area contributed by atoms with Crippen LogP contribution < -0.4 is 5.73 Å². The average Bonchev–Trinajstić information content (AvgIpc) is 3.09. The molecule has 26 heavy (non-hydrogen) atoms. The van der Waals surface area contributed by atoms with Gasteiger partial charge in [-0.3, -0.25) is 4.57 Å². The third-order valence-electron chi connectivity index (χ3n) is 5.61. The van der Waals surface area contributed by atoms with Gasteiger partial charge in [0.1, 0.15) is 24.1 Å². The minimum absolute atomic E-state index is 0.0190. The molecule has 3 rings (SSSR count). The summed E-state index contributed by atoms with van der Waals surface area (Å²) in [5.41, 5.74) is 7.00. The van der Waals surface area contributed by atoms with E-state index in [1.807, 2.05) is 6.92 Å². The van der Waals surface area contributed by atoms with E-state index in [1.165, 1.54) is 6.33 Å². The molecular weight excluding hydrogens is 350 g/mol. The van der Waals surface area contributed by atoms with Crippen LogP contribution in [0.25, 0.3) is 11.2 Å². The van der Waals surface area contributed by atoms with E-state index in [0.717, 1.165) is 0 Å². The molecule has 1 aliphatic heterocycles. The van der Waals surface area contributed by atoms with Gasteiger partial charge in [0, 0.05) is 0 Å². The van der Waals surface area contributed by atoms with Crippen molar-refractivity contribution >= 4 is 25.3 Å². The summed E-state index contributed by atoms with van der Waals surface area (Å²) in [5, 5.41) is 10.9. The molecular formula is C17H29N5O3Si. The molecule has 2 aromatic rings. The molecule has 0 aromatic carbocycles. The van der Waals surface area contributed by atoms with Crippen LogP contribution in [0.5, 0.6) is 0 Å². The van der Waals surface area contributed by atoms with E-state index in [1.54, 1.807) is 10.9 Å². The van der Waals surface area contributed by atoms with Gasteiger partial charge in [-0.05, 0) is 24.6 Å². The summed E-state index contributed by atoms with van der Waals surface area (Å²) in [4.78, 5) is 12.6. The SMILES string of the molecule is CC[C@H]1O[C@@H](n2cnc3c(N)ncnc32)C(O[Si](C)(C)C(C)(C)C)[C@H]1O. The van der Waals surface area contributed by atoms with Crippen molar-refractivity contribution in [1.82, 2.24) is 19.5 Å². The fourth-order valence-corrected chi connectivity index (χ4v) is 4.27. The van der Waals surface area contributed by atoms with Crippen LogP contribution in [0.2, 0.25) is 18.1 Å². The summed E-state index contributed by atoms with van der Waals surface area (Å²) >= 11 is 0. The van der Waals surface area contributed by atoms with Gasteiger partial charge in [0.05, 0.1) is 12.4 Å². The Kier molecular flexibility index (Phi) is 4.85. The Morgan fingerprint density at radius 2 is 2.00 bits per heavy atom. The van der Waals surface area contributed by atoms with Gasteiger partial charge < -0.3 is 20.0 Å². The molecule has 0 amide bonds. The van der Waals surface area contributed by atoms with Crippen molar-refractivity contribution in [3.05, 3.63) is 12.7 Å². The van der Waals surface area contributed by atoms with Crippen LogP contribution in [0.15, 0.2) is 12.7 Å². The Morgan fingerprint density at radius 3 is 2.62 bits per heavy atom. The molecule has 0 aliphatic carbocycles. The molecule has 9 heteroatoms. The lowest BCUT2D eigenvalue weighted by atomic mass is 10.1. The maximum Gasteiger partial charge on any atom is 0.192 e. The monoisotopic (exact) mass is 379 g/mol. The number of anilines is 1. The first kappa shape index (κ1) is 19.2. The van der Waals surface area contributed by atoms with Crippen molar-refractivity contribution in [1.29, 1.82) is 0 Å². The quantitative estimate of drug-likeness (QED) is 0.786. The number of aliphatic hydroxyl groups is 1. The minimum Gasteiger partial charge on any atom is -0.407 e. The summed E-state index contributed by atoms with van der Waals surface area (Å²) < 4.78 is 14.5. The van der Waals surface area contributed by atoms with Gasteiger partial charge in [0.25, 0.3) is 0 Å². The Morgan fingerprint density at radius 1 is 1.31 bits per heavy atom. The second kappa shape index (κ2) is 6.56. The smallest absolute Gasteiger partial charge is 0.192 e. The fourth-order valence-electron chi connectivity index (χ4n) is 2.98. The molecule has 2 aromatic heterocycles. The lowest BCUT2D eigenvalue weighted by Gasteiger charge is -2.40. The largest absolute Gasteiger partial charge is 0.407 e. The van der Waals surface area contributed by atoms with Crippen LogP contribution in [0.4, 0.5) is 5.82 Å². The number of aromatic nitrogens is 4. The van der Waals surface area contributed by atoms with Gasteiger partial charge in [-0.2, -0.15) is 0 Å². The van der Waals surface area contributed by atoms with Gasteiger partial charge in [0.15, 0.2) is 26.0 Å². The van der Waals surface area contributed by atoms with Crippen LogP contribution in [-0.2, 0) is 9.16 Å². The highest BCUT2D eigenvalue weighted by molar-refractivity contribution is 6.74. The molecule has 0 saturated carbocycles. The molecule has 3 heterocycles. The Labute approximate surface area is 154 Å². The molecule has 0 spiro atoms. The second-order valence-corrected chi connectivity index (χ2v) is 13.1. The summed E-state index contributed by atoms with van der Waals surface area (Å²) in [6, 6.07) is 0. The lowest BCUT2D eigenvalue weighted by molar-refractivity contribution is -0.0325. The number of rotatable bonds is 4. The predicted molar refractivity (Wildman–Crippen MR) is 102 cm³/mol. The molecule has 0 bridgehead atoms. The first-order valence-electron chi connectivity index (χ1n) is 9.01. The van der Waals surface area contributed by atoms with E-state index >= 15 is 0 Å². The molecule has 1 aliphatic rings. The topological polar surface area (TPSA) is 108 Å². The highest BCUT2D eigenvalue weighted by Gasteiger charge is 2.50. The summed E-state index contributed by atoms with van der Waals surface area (Å²) in [5.74, 6) is 0.321. The van der Waals surface area contributed by atoms with Crippen molar-refractivity contribution in [3.8, 4) is 0 Å². The molecule has 1 unspecified atom stereocenters. The zero-order chi connectivity index (χ0) is 19.3. The number of nitrogens with zero attached hydrogens (tertiary/aromatic N) is 4. The number of imidazole rings is 1. The first-order chi connectivity index (χ1) is 12.1. The van der Waals surface area contributed by atoms with Gasteiger partial charge in [0.2, 0.25) is 0 Å². The molecule has 3 N–H and O–H groups in total. The maximum absolute atomic E-state index is 10.9. The van der Waals surface area contributed by atoms with Crippen molar-refractivity contribution < 1.29 is 14.3 Å². The van der Waals surface area contributed by atoms with Crippen LogP contribution >= 0.6 is 0 Å². The standard InChI is InChI=1S/C17H29N5O3Si/c1-7-10-12(23)13(25-26(5,6)17(2,3)4)16(24-10)22-9-21-11-14(18)19-8-20-15(11)22/h8-10,12-13,16,23H,7H2,1-6H3,(H2,18,19,20)/t10-,12+,13?,16-/m1/s1. The molecule has 144 valence electrons. The van der Waals surface area contributed by atoms with E-state index in [4.69, 9.17) is 14.9 Å². The number of nitrogens with two attached hydrogens (primary N) is 1. The normalized spacial score (nSPS) is 27.3. The number of hydrogen-bond acceptors (Lipinski definition) is 7. The first-order valence-corrected chi connectivity index (χ1v) is 11.9. The van der Waals surface area contributed by atoms with Crippen molar-refractivity contribution in [2.24, 2.45) is 0 Å². The molecule has 8 nitrogen and oxygen atoms in total. The predicted octanol–water partition coefficient (Wildman–Crippen LogP) is 2.47. The number of hydrogen-bond donors (Lipinski definition) is 2. The van der Waals surface area contributed by atoms with Gasteiger partial charge in [-0.25, -0.2) is 15.0 Å². The minimum atomic E-state index is -2.12. The number of nitrogen functional groups attached to an aromatic ring is 1. The van der Waals surface area contributed by atoms with Gasteiger partial charge in [-0.1, -0.05) is 27.7 Å². The molecule has 4 atom stereocenters. The summed E-state index contributed by atoms with van der Waals surface area (Å²) in [6.07, 6.45) is 1.72. The molecule has 1 saturated heterocycles. The van der Waals surface area contributed by atoms with Crippen molar-refractivity contribution in [3.63, 3.8) is 0 Å². The van der Waals surface area contributed by atoms with Crippen molar-refractivity contribution in [2.75, 3.05) is 5.73 Å². The lowest BCUT2D eigenvalue weighted by Crippen LogP contribution is -2.48. The van der Waals surface area contributed by atoms with E-state index in [9.17, 15) is 5.11 Å². The second-order valence-electron chi connectivity index (χ2n) is 8.39. The zero-order valence-corrected chi connectivity index (χ0v) is 17.3. The Hall–Kier alpha value is -1.55. The van der Waals surface area contributed by atoms with E-state index < -0.39 is 26.8 Å². The molecule has 1 fully saturated rings. The Bertz CT molecular complexity index is 788.